The van der Waals surface area contributed by atoms with E-state index in [1.807, 2.05) is 0 Å². The Labute approximate surface area is 473 Å². The monoisotopic (exact) mass is 1160 g/mol. The molecule has 0 heterocycles. The molecule has 5 atom stereocenters. The van der Waals surface area contributed by atoms with E-state index < -0.39 is 97.5 Å². The summed E-state index contributed by atoms with van der Waals surface area (Å²) in [5.74, 6) is -2.14. The van der Waals surface area contributed by atoms with Crippen molar-refractivity contribution in [3.63, 3.8) is 0 Å². The summed E-state index contributed by atoms with van der Waals surface area (Å²) in [5.41, 5.74) is 0. The minimum absolute atomic E-state index is 0.105. The summed E-state index contributed by atoms with van der Waals surface area (Å²) in [6.07, 6.45) is 37.6. The molecule has 0 aromatic rings. The van der Waals surface area contributed by atoms with Gasteiger partial charge in [0, 0.05) is 25.7 Å². The highest BCUT2D eigenvalue weighted by Gasteiger charge is 2.30. The van der Waals surface area contributed by atoms with Crippen LogP contribution in [0.5, 0.6) is 0 Å². The lowest BCUT2D eigenvalue weighted by molar-refractivity contribution is -0.161. The van der Waals surface area contributed by atoms with Gasteiger partial charge in [-0.1, -0.05) is 246 Å². The smallest absolute Gasteiger partial charge is 0.462 e. The maximum atomic E-state index is 12.9. The van der Waals surface area contributed by atoms with E-state index in [-0.39, 0.29) is 25.7 Å². The van der Waals surface area contributed by atoms with E-state index in [9.17, 15) is 43.2 Å². The van der Waals surface area contributed by atoms with Gasteiger partial charge in [0.1, 0.15) is 19.3 Å². The first-order valence-electron chi connectivity index (χ1n) is 31.3. The largest absolute Gasteiger partial charge is 0.472 e. The fraction of sp³-hybridized carbons (Fsp3) is 0.932. The normalized spacial score (nSPS) is 14.3. The molecule has 0 fully saturated rings. The predicted molar refractivity (Wildman–Crippen MR) is 308 cm³/mol. The molecule has 17 nitrogen and oxygen atoms in total. The number of ether oxygens (including phenoxy) is 4. The lowest BCUT2D eigenvalue weighted by Crippen LogP contribution is -2.30. The first-order chi connectivity index (χ1) is 37.7. The molecule has 0 aromatic heterocycles. The predicted octanol–water partition coefficient (Wildman–Crippen LogP) is 16.0. The van der Waals surface area contributed by atoms with Crippen LogP contribution in [0, 0.1) is 0 Å². The zero-order chi connectivity index (χ0) is 57.6. The van der Waals surface area contributed by atoms with E-state index >= 15 is 0 Å². The molecule has 0 amide bonds. The van der Waals surface area contributed by atoms with Gasteiger partial charge < -0.3 is 33.8 Å². The Bertz CT molecular complexity index is 1520. The fourth-order valence-corrected chi connectivity index (χ4v) is 10.3. The number of aliphatic hydroxyl groups is 1. The number of rotatable bonds is 60. The number of carbonyl (C=O) groups excluding carboxylic acids is 4. The first kappa shape index (κ1) is 76.1. The van der Waals surface area contributed by atoms with E-state index in [0.29, 0.717) is 25.7 Å². The lowest BCUT2D eigenvalue weighted by atomic mass is 10.0. The van der Waals surface area contributed by atoms with Gasteiger partial charge in [-0.05, 0) is 25.7 Å². The number of esters is 4. The Kier molecular flexibility index (Phi) is 53.0. The molecule has 0 aromatic carbocycles. The summed E-state index contributed by atoms with van der Waals surface area (Å²) in [6, 6.07) is 0. The molecule has 0 rings (SSSR count). The van der Waals surface area contributed by atoms with Gasteiger partial charge in [0.25, 0.3) is 0 Å². The van der Waals surface area contributed by atoms with Gasteiger partial charge in [0.2, 0.25) is 0 Å². The molecular weight excluding hydrogens is 1040 g/mol. The van der Waals surface area contributed by atoms with Gasteiger partial charge in [-0.25, -0.2) is 9.13 Å². The highest BCUT2D eigenvalue weighted by atomic mass is 31.2. The quantitative estimate of drug-likeness (QED) is 0.0222. The number of phosphoric ester groups is 2. The molecular formula is C59H114O17P2. The highest BCUT2D eigenvalue weighted by Crippen LogP contribution is 2.45. The van der Waals surface area contributed by atoms with Crippen LogP contribution < -0.4 is 0 Å². The van der Waals surface area contributed by atoms with Crippen molar-refractivity contribution in [3.8, 4) is 0 Å². The Balaban J connectivity index is 5.19. The Hall–Kier alpha value is -1.94. The number of carbonyl (C=O) groups is 4. The number of hydrogen-bond acceptors (Lipinski definition) is 15. The van der Waals surface area contributed by atoms with Crippen molar-refractivity contribution in [2.75, 3.05) is 39.6 Å². The average molecular weight is 1160 g/mol. The second-order valence-corrected chi connectivity index (χ2v) is 24.3. The third kappa shape index (κ3) is 53.4. The lowest BCUT2D eigenvalue weighted by Gasteiger charge is -2.21. The molecule has 78 heavy (non-hydrogen) atoms. The van der Waals surface area contributed by atoms with Crippen LogP contribution in [0.3, 0.4) is 0 Å². The zero-order valence-corrected chi connectivity index (χ0v) is 51.4. The van der Waals surface area contributed by atoms with Gasteiger partial charge in [-0.2, -0.15) is 0 Å². The summed E-state index contributed by atoms with van der Waals surface area (Å²) >= 11 is 0. The standard InChI is InChI=1S/C59H114O17P2/c1-5-9-13-17-21-25-27-28-30-34-38-42-46-59(64)76-55(49-69-56(61)43-39-35-31-23-19-15-11-7-3)52-74-78(67,68)72-48-53(60)47-71-77(65,66)73-51-54(75-58(63)45-41-37-32-24-20-16-12-8-4)50-70-57(62)44-40-36-33-29-26-22-18-14-10-6-2/h53-55,60H,5-52H2,1-4H3,(H,65,66)(H,67,68)/t53-,54+,55+/m0/s1. The third-order valence-corrected chi connectivity index (χ3v) is 15.5. The molecule has 0 radical (unpaired) electrons. The Morgan fingerprint density at radius 2 is 0.513 bits per heavy atom. The van der Waals surface area contributed by atoms with Gasteiger partial charge in [0.15, 0.2) is 12.2 Å². The zero-order valence-electron chi connectivity index (χ0n) is 49.6. The summed E-state index contributed by atoms with van der Waals surface area (Å²) in [6.45, 7) is 4.80. The van der Waals surface area contributed by atoms with Crippen molar-refractivity contribution >= 4 is 39.5 Å². The number of unbranched alkanes of at least 4 members (excludes halogenated alkanes) is 34. The molecule has 0 saturated carbocycles. The molecule has 0 aliphatic carbocycles. The molecule has 0 aliphatic heterocycles. The molecule has 19 heteroatoms. The Morgan fingerprint density at radius 3 is 0.756 bits per heavy atom. The van der Waals surface area contributed by atoms with Gasteiger partial charge in [-0.3, -0.25) is 37.3 Å². The van der Waals surface area contributed by atoms with E-state index in [2.05, 4.69) is 27.7 Å². The second kappa shape index (κ2) is 54.3. The minimum atomic E-state index is -4.93. The van der Waals surface area contributed by atoms with Crippen LogP contribution >= 0.6 is 15.6 Å². The van der Waals surface area contributed by atoms with Crippen molar-refractivity contribution in [1.29, 1.82) is 0 Å². The van der Waals surface area contributed by atoms with Crippen molar-refractivity contribution in [2.45, 2.75) is 316 Å². The molecule has 2 unspecified atom stereocenters. The van der Waals surface area contributed by atoms with Crippen LogP contribution in [0.15, 0.2) is 0 Å². The highest BCUT2D eigenvalue weighted by molar-refractivity contribution is 7.47. The SMILES string of the molecule is CCCCCCCCCCCCCCC(=O)O[C@H](COC(=O)CCCCCCCCCC)COP(=O)(O)OC[C@@H](O)COP(=O)(O)OC[C@@H](COC(=O)CCCCCCCCCCCC)OC(=O)CCCCCCCCCC. The van der Waals surface area contributed by atoms with E-state index in [4.69, 9.17) is 37.0 Å². The van der Waals surface area contributed by atoms with E-state index in [1.165, 1.54) is 116 Å². The van der Waals surface area contributed by atoms with Crippen molar-refractivity contribution in [3.05, 3.63) is 0 Å². The topological polar surface area (TPSA) is 237 Å². The molecule has 462 valence electrons. The maximum absolute atomic E-state index is 12.9. The first-order valence-corrected chi connectivity index (χ1v) is 34.3. The maximum Gasteiger partial charge on any atom is 0.472 e. The van der Waals surface area contributed by atoms with E-state index in [1.54, 1.807) is 0 Å². The number of hydrogen-bond donors (Lipinski definition) is 3. The summed E-state index contributed by atoms with van der Waals surface area (Å²) in [7, 11) is -9.87. The van der Waals surface area contributed by atoms with Gasteiger partial charge in [0.05, 0.1) is 26.4 Å². The summed E-state index contributed by atoms with van der Waals surface area (Å²) < 4.78 is 67.6. The Morgan fingerprint density at radius 1 is 0.308 bits per heavy atom. The molecule has 0 spiro atoms. The molecule has 0 bridgehead atoms. The second-order valence-electron chi connectivity index (χ2n) is 21.4. The van der Waals surface area contributed by atoms with Crippen LogP contribution in [-0.2, 0) is 65.4 Å². The molecule has 0 saturated heterocycles. The van der Waals surface area contributed by atoms with Crippen LogP contribution in [0.1, 0.15) is 297 Å². The van der Waals surface area contributed by atoms with Gasteiger partial charge in [-0.15, -0.1) is 0 Å². The van der Waals surface area contributed by atoms with Crippen molar-refractivity contribution in [1.82, 2.24) is 0 Å². The molecule has 0 aliphatic rings. The molecule has 3 N–H and O–H groups in total. The number of aliphatic hydroxyl groups excluding tert-OH is 1. The summed E-state index contributed by atoms with van der Waals surface area (Å²) in [4.78, 5) is 71.8. The van der Waals surface area contributed by atoms with Crippen molar-refractivity contribution in [2.24, 2.45) is 0 Å². The van der Waals surface area contributed by atoms with Crippen LogP contribution in [-0.4, -0.2) is 96.7 Å². The average Bonchev–Trinajstić information content (AvgIpc) is 3.41. The van der Waals surface area contributed by atoms with Crippen LogP contribution in [0.25, 0.3) is 0 Å². The fourth-order valence-electron chi connectivity index (χ4n) is 8.75. The van der Waals surface area contributed by atoms with E-state index in [0.717, 1.165) is 103 Å². The number of phosphoric acid groups is 2. The minimum Gasteiger partial charge on any atom is -0.462 e. The van der Waals surface area contributed by atoms with Crippen LogP contribution in [0.2, 0.25) is 0 Å². The third-order valence-electron chi connectivity index (χ3n) is 13.6. The van der Waals surface area contributed by atoms with Crippen LogP contribution in [0.4, 0.5) is 0 Å². The summed E-state index contributed by atoms with van der Waals surface area (Å²) in [5, 5.41) is 10.5. The van der Waals surface area contributed by atoms with Gasteiger partial charge >= 0.3 is 39.5 Å². The van der Waals surface area contributed by atoms with Crippen molar-refractivity contribution < 1.29 is 80.2 Å².